The maximum atomic E-state index is 5.24. The second kappa shape index (κ2) is 5.63. The number of fused-ring (bicyclic) bond motifs is 1. The first-order chi connectivity index (χ1) is 10.1. The number of aryl methyl sites for hydroxylation is 2. The largest absolute Gasteiger partial charge is 0.374 e. The van der Waals surface area contributed by atoms with Crippen molar-refractivity contribution in [3.63, 3.8) is 0 Å². The summed E-state index contributed by atoms with van der Waals surface area (Å²) in [6.45, 7) is 6.00. The zero-order chi connectivity index (χ0) is 15.0. The average molecular weight is 321 g/mol. The molecule has 0 aliphatic carbocycles. The van der Waals surface area contributed by atoms with Gasteiger partial charge in [0.25, 0.3) is 0 Å². The molecule has 1 unspecified atom stereocenters. The molecule has 8 heteroatoms. The van der Waals surface area contributed by atoms with Gasteiger partial charge >= 0.3 is 0 Å². The van der Waals surface area contributed by atoms with E-state index in [9.17, 15) is 0 Å². The van der Waals surface area contributed by atoms with Crippen LogP contribution in [0.2, 0.25) is 0 Å². The van der Waals surface area contributed by atoms with E-state index < -0.39 is 0 Å². The molecular weight excluding hydrogens is 306 g/mol. The highest BCUT2D eigenvalue weighted by Gasteiger charge is 2.15. The maximum absolute atomic E-state index is 5.24. The summed E-state index contributed by atoms with van der Waals surface area (Å²) in [6.07, 6.45) is -0.0590. The lowest BCUT2D eigenvalue weighted by molar-refractivity contribution is 0.118. The van der Waals surface area contributed by atoms with Gasteiger partial charge in [-0.25, -0.2) is 4.98 Å². The maximum Gasteiger partial charge on any atom is 0.211 e. The zero-order valence-electron chi connectivity index (χ0n) is 12.2. The van der Waals surface area contributed by atoms with Crippen LogP contribution in [0.1, 0.15) is 29.3 Å². The molecule has 3 rings (SSSR count). The van der Waals surface area contributed by atoms with E-state index in [1.165, 1.54) is 22.9 Å². The van der Waals surface area contributed by atoms with Crippen LogP contribution in [-0.2, 0) is 4.74 Å². The number of methoxy groups -OCH3 is 1. The molecule has 110 valence electrons. The van der Waals surface area contributed by atoms with Crippen molar-refractivity contribution in [3.05, 3.63) is 22.3 Å². The van der Waals surface area contributed by atoms with Gasteiger partial charge in [0.2, 0.25) is 5.13 Å². The van der Waals surface area contributed by atoms with Gasteiger partial charge in [0.15, 0.2) is 5.82 Å². The predicted molar refractivity (Wildman–Crippen MR) is 85.5 cm³/mol. The summed E-state index contributed by atoms with van der Waals surface area (Å²) < 4.78 is 9.69. The molecule has 0 radical (unpaired) electrons. The molecule has 0 amide bonds. The van der Waals surface area contributed by atoms with Gasteiger partial charge in [0.05, 0.1) is 5.39 Å². The van der Waals surface area contributed by atoms with E-state index in [1.54, 1.807) is 7.11 Å². The topological polar surface area (TPSA) is 72.8 Å². The molecule has 0 saturated heterocycles. The monoisotopic (exact) mass is 321 g/mol. The number of anilines is 2. The second-order valence-corrected chi connectivity index (χ2v) is 6.50. The van der Waals surface area contributed by atoms with Crippen molar-refractivity contribution in [2.45, 2.75) is 26.9 Å². The van der Waals surface area contributed by atoms with Crippen molar-refractivity contribution in [1.82, 2.24) is 19.6 Å². The summed E-state index contributed by atoms with van der Waals surface area (Å²) in [5.74, 6) is 0.785. The first kappa shape index (κ1) is 14.3. The minimum absolute atomic E-state index is 0.0590. The minimum atomic E-state index is -0.0590. The highest BCUT2D eigenvalue weighted by Crippen LogP contribution is 2.32. The highest BCUT2D eigenvalue weighted by atomic mass is 32.1. The van der Waals surface area contributed by atoms with Gasteiger partial charge in [-0.1, -0.05) is 11.3 Å². The van der Waals surface area contributed by atoms with Gasteiger partial charge in [-0.3, -0.25) is 0 Å². The molecule has 3 aromatic heterocycles. The lowest BCUT2D eigenvalue weighted by Crippen LogP contribution is -1.93. The molecule has 0 spiro atoms. The summed E-state index contributed by atoms with van der Waals surface area (Å²) >= 11 is 2.85. The van der Waals surface area contributed by atoms with Gasteiger partial charge in [-0.2, -0.15) is 4.37 Å². The smallest absolute Gasteiger partial charge is 0.211 e. The third kappa shape index (κ3) is 2.74. The Balaban J connectivity index is 1.93. The molecule has 1 N–H and O–H groups in total. The van der Waals surface area contributed by atoms with Gasteiger partial charge in [0.1, 0.15) is 15.9 Å². The number of ether oxygens (including phenoxy) is 1. The van der Waals surface area contributed by atoms with Crippen molar-refractivity contribution >= 4 is 44.0 Å². The van der Waals surface area contributed by atoms with E-state index >= 15 is 0 Å². The number of aromatic nitrogens is 4. The number of hydrogen-bond acceptors (Lipinski definition) is 8. The molecule has 0 aliphatic heterocycles. The normalized spacial score (nSPS) is 12.8. The highest BCUT2D eigenvalue weighted by molar-refractivity contribution is 7.15. The van der Waals surface area contributed by atoms with Crippen LogP contribution < -0.4 is 5.32 Å². The van der Waals surface area contributed by atoms with E-state index in [4.69, 9.17) is 4.74 Å². The Morgan fingerprint density at radius 3 is 2.86 bits per heavy atom. The molecule has 0 aliphatic rings. The van der Waals surface area contributed by atoms with Gasteiger partial charge < -0.3 is 10.1 Å². The number of nitrogens with zero attached hydrogens (tertiary/aromatic N) is 4. The fourth-order valence-electron chi connectivity index (χ4n) is 2.03. The van der Waals surface area contributed by atoms with Crippen molar-refractivity contribution in [3.8, 4) is 0 Å². The molecular formula is C13H15N5OS2. The number of pyridine rings is 1. The molecule has 3 heterocycles. The number of nitrogens with one attached hydrogen (secondary N) is 1. The lowest BCUT2D eigenvalue weighted by Gasteiger charge is -2.03. The molecule has 0 fully saturated rings. The first-order valence-corrected chi connectivity index (χ1v) is 8.04. The Kier molecular flexibility index (Phi) is 3.83. The minimum Gasteiger partial charge on any atom is -0.374 e. The standard InChI is InChI=1S/C13H15N5OS2/c1-6-5-7(2)14-12-9(6)10(18-21-12)15-13-17-16-11(20-13)8(3)19-4/h5,8H,1-4H3,(H,15,17,18). The van der Waals surface area contributed by atoms with Crippen molar-refractivity contribution in [2.24, 2.45) is 0 Å². The van der Waals surface area contributed by atoms with E-state index in [0.29, 0.717) is 5.13 Å². The Hall–Kier alpha value is -1.64. The summed E-state index contributed by atoms with van der Waals surface area (Å²) in [7, 11) is 1.66. The molecule has 21 heavy (non-hydrogen) atoms. The summed E-state index contributed by atoms with van der Waals surface area (Å²) in [5, 5.41) is 14.1. The third-order valence-electron chi connectivity index (χ3n) is 3.14. The van der Waals surface area contributed by atoms with Crippen LogP contribution in [0, 0.1) is 13.8 Å². The number of rotatable bonds is 4. The van der Waals surface area contributed by atoms with Gasteiger partial charge in [-0.05, 0) is 43.9 Å². The van der Waals surface area contributed by atoms with E-state index in [-0.39, 0.29) is 6.10 Å². The molecule has 0 aromatic carbocycles. The Morgan fingerprint density at radius 2 is 2.10 bits per heavy atom. The van der Waals surface area contributed by atoms with E-state index in [2.05, 4.69) is 37.9 Å². The van der Waals surface area contributed by atoms with Gasteiger partial charge in [-0.15, -0.1) is 10.2 Å². The lowest BCUT2D eigenvalue weighted by atomic mass is 10.2. The Bertz CT molecular complexity index is 782. The van der Waals surface area contributed by atoms with Crippen molar-refractivity contribution in [2.75, 3.05) is 12.4 Å². The SMILES string of the molecule is COC(C)c1nnc(Nc2nsc3nc(C)cc(C)c23)s1. The van der Waals surface area contributed by atoms with Crippen LogP contribution >= 0.6 is 22.9 Å². The summed E-state index contributed by atoms with van der Waals surface area (Å²) in [4.78, 5) is 5.44. The van der Waals surface area contributed by atoms with Crippen molar-refractivity contribution < 1.29 is 4.74 Å². The summed E-state index contributed by atoms with van der Waals surface area (Å²) in [5.41, 5.74) is 2.16. The average Bonchev–Trinajstić information content (AvgIpc) is 3.06. The Labute approximate surface area is 130 Å². The fraction of sp³-hybridized carbons (Fsp3) is 0.385. The van der Waals surface area contributed by atoms with Crippen LogP contribution in [0.3, 0.4) is 0 Å². The van der Waals surface area contributed by atoms with Crippen LogP contribution in [0.4, 0.5) is 10.9 Å². The Morgan fingerprint density at radius 1 is 1.29 bits per heavy atom. The van der Waals surface area contributed by atoms with Crippen LogP contribution in [-0.4, -0.2) is 26.7 Å². The van der Waals surface area contributed by atoms with Crippen molar-refractivity contribution in [1.29, 1.82) is 0 Å². The third-order valence-corrected chi connectivity index (χ3v) is 4.88. The molecule has 1 atom stereocenters. The molecule has 6 nitrogen and oxygen atoms in total. The summed E-state index contributed by atoms with van der Waals surface area (Å²) in [6, 6.07) is 2.06. The number of hydrogen-bond donors (Lipinski definition) is 1. The zero-order valence-corrected chi connectivity index (χ0v) is 13.8. The van der Waals surface area contributed by atoms with Crippen LogP contribution in [0.5, 0.6) is 0 Å². The fourth-order valence-corrected chi connectivity index (χ4v) is 3.65. The quantitative estimate of drug-likeness (QED) is 0.791. The molecule has 0 saturated carbocycles. The van der Waals surface area contributed by atoms with E-state index in [0.717, 1.165) is 32.3 Å². The van der Waals surface area contributed by atoms with E-state index in [1.807, 2.05) is 13.8 Å². The predicted octanol–water partition coefficient (Wildman–Crippen LogP) is 3.61. The van der Waals surface area contributed by atoms with Crippen LogP contribution in [0.15, 0.2) is 6.07 Å². The van der Waals surface area contributed by atoms with Gasteiger partial charge in [0, 0.05) is 12.8 Å². The molecule has 0 bridgehead atoms. The molecule has 3 aromatic rings. The first-order valence-electron chi connectivity index (χ1n) is 6.45. The second-order valence-electron chi connectivity index (χ2n) is 4.74. The van der Waals surface area contributed by atoms with Crippen LogP contribution in [0.25, 0.3) is 10.2 Å².